The number of carbonyl (C=O) groups excluding carboxylic acids is 3. The molecule has 0 saturated carbocycles. The molecule has 0 radical (unpaired) electrons. The van der Waals surface area contributed by atoms with Crippen molar-refractivity contribution in [2.45, 2.75) is 19.9 Å². The number of methoxy groups -OCH3 is 1. The van der Waals surface area contributed by atoms with Crippen LogP contribution in [0.5, 0.6) is 0 Å². The van der Waals surface area contributed by atoms with Gasteiger partial charge in [-0.3, -0.25) is 9.69 Å². The number of aliphatic imine (C=N–C) groups is 1. The third-order valence-electron chi connectivity index (χ3n) is 4.15. The first kappa shape index (κ1) is 19.8. The lowest BCUT2D eigenvalue weighted by Gasteiger charge is -2.37. The molecule has 2 aliphatic rings. The van der Waals surface area contributed by atoms with Crippen LogP contribution in [-0.2, 0) is 23.9 Å². The second-order valence-corrected chi connectivity index (χ2v) is 6.89. The summed E-state index contributed by atoms with van der Waals surface area (Å²) in [5.74, 6) is -2.25. The number of halogens is 1. The molecule has 0 fully saturated rings. The fourth-order valence-corrected chi connectivity index (χ4v) is 3.93. The fourth-order valence-electron chi connectivity index (χ4n) is 2.93. The number of rotatable bonds is 4. The van der Waals surface area contributed by atoms with E-state index in [0.29, 0.717) is 11.3 Å². The number of esters is 2. The molecule has 1 atom stereocenters. The normalized spacial score (nSPS) is 18.9. The van der Waals surface area contributed by atoms with Crippen LogP contribution in [0.15, 0.2) is 51.5 Å². The van der Waals surface area contributed by atoms with Gasteiger partial charge in [0.05, 0.1) is 31.0 Å². The van der Waals surface area contributed by atoms with E-state index in [-0.39, 0.29) is 22.3 Å². The van der Waals surface area contributed by atoms with Crippen molar-refractivity contribution in [3.8, 4) is 0 Å². The molecule has 1 aromatic rings. The molecule has 28 heavy (non-hydrogen) atoms. The summed E-state index contributed by atoms with van der Waals surface area (Å²) in [7, 11) is 1.22. The summed E-state index contributed by atoms with van der Waals surface area (Å²) in [6.45, 7) is 3.44. The highest BCUT2D eigenvalue weighted by Gasteiger charge is 2.42. The van der Waals surface area contributed by atoms with E-state index in [1.54, 1.807) is 13.8 Å². The zero-order valence-electron chi connectivity index (χ0n) is 15.4. The predicted molar refractivity (Wildman–Crippen MR) is 100 cm³/mol. The first-order valence-electron chi connectivity index (χ1n) is 8.40. The fraction of sp³-hybridized carbons (Fsp3) is 0.263. The lowest BCUT2D eigenvalue weighted by molar-refractivity contribution is -0.140. The van der Waals surface area contributed by atoms with Crippen molar-refractivity contribution < 1.29 is 28.2 Å². The van der Waals surface area contributed by atoms with Gasteiger partial charge in [0.15, 0.2) is 5.17 Å². The van der Waals surface area contributed by atoms with E-state index in [1.165, 1.54) is 36.3 Å². The lowest BCUT2D eigenvalue weighted by Crippen LogP contribution is -2.44. The Kier molecular flexibility index (Phi) is 5.64. The molecule has 0 aromatic heterocycles. The highest BCUT2D eigenvalue weighted by Crippen LogP contribution is 2.41. The number of nitrogens with zero attached hydrogens (tertiary/aromatic N) is 2. The number of hydrogen-bond donors (Lipinski definition) is 0. The highest BCUT2D eigenvalue weighted by molar-refractivity contribution is 8.18. The Balaban J connectivity index is 2.15. The Morgan fingerprint density at radius 3 is 2.54 bits per heavy atom. The van der Waals surface area contributed by atoms with E-state index < -0.39 is 29.7 Å². The highest BCUT2D eigenvalue weighted by atomic mass is 32.2. The summed E-state index contributed by atoms with van der Waals surface area (Å²) in [4.78, 5) is 43.0. The maximum absolute atomic E-state index is 13.4. The van der Waals surface area contributed by atoms with Crippen molar-refractivity contribution in [3.63, 3.8) is 0 Å². The van der Waals surface area contributed by atoms with Gasteiger partial charge in [0.1, 0.15) is 10.7 Å². The number of fused-ring (bicyclic) bond motifs is 1. The van der Waals surface area contributed by atoms with Crippen molar-refractivity contribution in [1.82, 2.24) is 4.90 Å². The molecule has 0 saturated heterocycles. The van der Waals surface area contributed by atoms with E-state index in [4.69, 9.17) is 4.74 Å². The predicted octanol–water partition coefficient (Wildman–Crippen LogP) is 2.71. The van der Waals surface area contributed by atoms with Gasteiger partial charge in [-0.25, -0.2) is 19.0 Å². The molecule has 2 heterocycles. The van der Waals surface area contributed by atoms with Crippen molar-refractivity contribution in [1.29, 1.82) is 0 Å². The summed E-state index contributed by atoms with van der Waals surface area (Å²) in [5, 5.41) is 0.229. The van der Waals surface area contributed by atoms with Crippen LogP contribution in [0, 0.1) is 5.82 Å². The van der Waals surface area contributed by atoms with E-state index in [1.807, 2.05) is 0 Å². The Labute approximate surface area is 164 Å². The van der Waals surface area contributed by atoms with Crippen molar-refractivity contribution in [2.75, 3.05) is 13.7 Å². The SMILES string of the molecule is CCOC(=O)C1=C(C)N=C2SC(C(=O)OC)=CC(=O)N2[C@@H]1c1ccc(F)cc1. The quantitative estimate of drug-likeness (QED) is 0.718. The van der Waals surface area contributed by atoms with Gasteiger partial charge < -0.3 is 9.47 Å². The summed E-state index contributed by atoms with van der Waals surface area (Å²) >= 11 is 0.966. The van der Waals surface area contributed by atoms with E-state index in [2.05, 4.69) is 9.73 Å². The van der Waals surface area contributed by atoms with E-state index >= 15 is 0 Å². The Bertz CT molecular complexity index is 936. The number of allylic oxidation sites excluding steroid dienone is 1. The number of carbonyl (C=O) groups is 3. The van der Waals surface area contributed by atoms with Gasteiger partial charge in [0.25, 0.3) is 5.91 Å². The van der Waals surface area contributed by atoms with Crippen LogP contribution in [0.3, 0.4) is 0 Å². The number of amidine groups is 1. The number of ether oxygens (including phenoxy) is 2. The van der Waals surface area contributed by atoms with E-state index in [9.17, 15) is 18.8 Å². The van der Waals surface area contributed by atoms with Gasteiger partial charge in [0.2, 0.25) is 0 Å². The number of amides is 1. The first-order chi connectivity index (χ1) is 13.4. The lowest BCUT2D eigenvalue weighted by atomic mass is 9.94. The Hall–Kier alpha value is -2.94. The van der Waals surface area contributed by atoms with Crippen molar-refractivity contribution in [3.05, 3.63) is 57.9 Å². The van der Waals surface area contributed by atoms with Crippen LogP contribution in [0.25, 0.3) is 0 Å². The topological polar surface area (TPSA) is 85.3 Å². The van der Waals surface area contributed by atoms with Crippen LogP contribution in [-0.4, -0.2) is 41.6 Å². The number of thioether (sulfide) groups is 1. The van der Waals surface area contributed by atoms with Gasteiger partial charge in [-0.05, 0) is 43.3 Å². The summed E-state index contributed by atoms with van der Waals surface area (Å²) in [5.41, 5.74) is 1.05. The van der Waals surface area contributed by atoms with E-state index in [0.717, 1.165) is 17.8 Å². The molecular weight excluding hydrogens is 387 g/mol. The minimum atomic E-state index is -0.859. The third kappa shape index (κ3) is 3.57. The molecule has 0 bridgehead atoms. The van der Waals surface area contributed by atoms with Crippen LogP contribution >= 0.6 is 11.8 Å². The smallest absolute Gasteiger partial charge is 0.345 e. The molecule has 1 amide bonds. The molecule has 7 nitrogen and oxygen atoms in total. The molecule has 3 rings (SSSR count). The minimum Gasteiger partial charge on any atom is -0.465 e. The average Bonchev–Trinajstić information content (AvgIpc) is 2.66. The molecular formula is C19H17FN2O5S. The van der Waals surface area contributed by atoms with Crippen LogP contribution in [0.1, 0.15) is 25.5 Å². The molecule has 0 unspecified atom stereocenters. The summed E-state index contributed by atoms with van der Waals surface area (Å²) in [6.07, 6.45) is 1.13. The Morgan fingerprint density at radius 2 is 1.93 bits per heavy atom. The van der Waals surface area contributed by atoms with Gasteiger partial charge in [-0.1, -0.05) is 12.1 Å². The van der Waals surface area contributed by atoms with Crippen LogP contribution < -0.4 is 0 Å². The molecule has 0 N–H and O–H groups in total. The van der Waals surface area contributed by atoms with Crippen molar-refractivity contribution >= 4 is 34.8 Å². The molecule has 0 aliphatic carbocycles. The van der Waals surface area contributed by atoms with Crippen LogP contribution in [0.4, 0.5) is 4.39 Å². The first-order valence-corrected chi connectivity index (χ1v) is 9.22. The summed E-state index contributed by atoms with van der Waals surface area (Å²) in [6, 6.07) is 4.62. The maximum Gasteiger partial charge on any atom is 0.345 e. The average molecular weight is 404 g/mol. The van der Waals surface area contributed by atoms with Gasteiger partial charge in [-0.15, -0.1) is 0 Å². The van der Waals surface area contributed by atoms with Gasteiger partial charge in [-0.2, -0.15) is 0 Å². The molecule has 9 heteroatoms. The second kappa shape index (κ2) is 7.97. The van der Waals surface area contributed by atoms with Crippen molar-refractivity contribution in [2.24, 2.45) is 4.99 Å². The third-order valence-corrected chi connectivity index (χ3v) is 5.13. The summed E-state index contributed by atoms with van der Waals surface area (Å²) < 4.78 is 23.2. The number of hydrogen-bond acceptors (Lipinski definition) is 7. The van der Waals surface area contributed by atoms with Gasteiger partial charge in [0, 0.05) is 6.08 Å². The zero-order valence-corrected chi connectivity index (χ0v) is 16.2. The minimum absolute atomic E-state index is 0.0905. The molecule has 2 aliphatic heterocycles. The molecule has 146 valence electrons. The molecule has 1 aromatic carbocycles. The standard InChI is InChI=1S/C19H17FN2O5S/c1-4-27-18(25)15-10(2)21-19-22(14(23)9-13(28-19)17(24)26-3)16(15)11-5-7-12(20)8-6-11/h5-9,16H,4H2,1-3H3/t16-/m1/s1. The number of benzene rings is 1. The maximum atomic E-state index is 13.4. The van der Waals surface area contributed by atoms with Gasteiger partial charge >= 0.3 is 11.9 Å². The van der Waals surface area contributed by atoms with Crippen LogP contribution in [0.2, 0.25) is 0 Å². The Morgan fingerprint density at radius 1 is 1.25 bits per heavy atom. The zero-order chi connectivity index (χ0) is 20.4. The monoisotopic (exact) mass is 404 g/mol. The largest absolute Gasteiger partial charge is 0.465 e. The molecule has 0 spiro atoms. The second-order valence-electron chi connectivity index (χ2n) is 5.88.